The van der Waals surface area contributed by atoms with E-state index in [-0.39, 0.29) is 12.1 Å². The Balaban J connectivity index is 2.57. The molecule has 1 aromatic heterocycles. The summed E-state index contributed by atoms with van der Waals surface area (Å²) in [5.41, 5.74) is 8.24. The number of hydrogen-bond donors (Lipinski definition) is 1. The molecule has 0 aromatic carbocycles. The lowest BCUT2D eigenvalue weighted by Crippen LogP contribution is -2.37. The van der Waals surface area contributed by atoms with Crippen LogP contribution in [-0.2, 0) is 18.2 Å². The van der Waals surface area contributed by atoms with Gasteiger partial charge in [-0.25, -0.2) is 0 Å². The van der Waals surface area contributed by atoms with E-state index in [9.17, 15) is 0 Å². The molecule has 0 aliphatic carbocycles. The van der Waals surface area contributed by atoms with Crippen molar-refractivity contribution in [1.29, 1.82) is 0 Å². The van der Waals surface area contributed by atoms with Crippen molar-refractivity contribution in [1.82, 2.24) is 9.78 Å². The number of nitrogens with zero attached hydrogens (tertiary/aromatic N) is 2. The highest BCUT2D eigenvalue weighted by Gasteiger charge is 2.15. The fraction of sp³-hybridized carbons (Fsp3) is 0.727. The summed E-state index contributed by atoms with van der Waals surface area (Å²) < 4.78 is 7.35. The Morgan fingerprint density at radius 3 is 2.73 bits per heavy atom. The lowest BCUT2D eigenvalue weighted by molar-refractivity contribution is 0.0573. The molecule has 0 spiro atoms. The number of aryl methyl sites for hydroxylation is 2. The van der Waals surface area contributed by atoms with Crippen molar-refractivity contribution in [2.45, 2.75) is 39.3 Å². The SMILES string of the molecule is CCOC(C)C(N)Cc1cc(C)nn1C. The number of rotatable bonds is 5. The zero-order valence-corrected chi connectivity index (χ0v) is 10.0. The molecule has 4 nitrogen and oxygen atoms in total. The number of hydrogen-bond acceptors (Lipinski definition) is 3. The Hall–Kier alpha value is -0.870. The first-order valence-electron chi connectivity index (χ1n) is 5.41. The van der Waals surface area contributed by atoms with Gasteiger partial charge in [-0.15, -0.1) is 0 Å². The average Bonchev–Trinajstić information content (AvgIpc) is 2.45. The van der Waals surface area contributed by atoms with Crippen LogP contribution in [0, 0.1) is 6.92 Å². The molecule has 1 rings (SSSR count). The molecule has 0 aliphatic rings. The first kappa shape index (κ1) is 12.2. The molecule has 86 valence electrons. The molecule has 1 heterocycles. The van der Waals surface area contributed by atoms with Crippen LogP contribution in [0.5, 0.6) is 0 Å². The Morgan fingerprint density at radius 2 is 2.27 bits per heavy atom. The molecule has 0 amide bonds. The summed E-state index contributed by atoms with van der Waals surface area (Å²) in [6.45, 7) is 6.69. The van der Waals surface area contributed by atoms with Crippen LogP contribution in [0.1, 0.15) is 25.2 Å². The van der Waals surface area contributed by atoms with Crippen LogP contribution in [0.3, 0.4) is 0 Å². The minimum Gasteiger partial charge on any atom is -0.377 e. The highest BCUT2D eigenvalue weighted by atomic mass is 16.5. The van der Waals surface area contributed by atoms with Gasteiger partial charge in [-0.2, -0.15) is 5.10 Å². The van der Waals surface area contributed by atoms with Crippen molar-refractivity contribution < 1.29 is 4.74 Å². The first-order valence-corrected chi connectivity index (χ1v) is 5.41. The van der Waals surface area contributed by atoms with Crippen LogP contribution in [-0.4, -0.2) is 28.5 Å². The van der Waals surface area contributed by atoms with Crippen molar-refractivity contribution in [2.75, 3.05) is 6.61 Å². The molecule has 0 saturated heterocycles. The van der Waals surface area contributed by atoms with Crippen molar-refractivity contribution in [3.8, 4) is 0 Å². The third kappa shape index (κ3) is 3.32. The molecule has 0 radical (unpaired) electrons. The number of aromatic nitrogens is 2. The Morgan fingerprint density at radius 1 is 1.60 bits per heavy atom. The zero-order valence-electron chi connectivity index (χ0n) is 10.0. The van der Waals surface area contributed by atoms with Crippen LogP contribution < -0.4 is 5.73 Å². The van der Waals surface area contributed by atoms with Gasteiger partial charge in [0.1, 0.15) is 0 Å². The van der Waals surface area contributed by atoms with Crippen molar-refractivity contribution in [3.63, 3.8) is 0 Å². The van der Waals surface area contributed by atoms with Gasteiger partial charge in [0.2, 0.25) is 0 Å². The summed E-state index contributed by atoms with van der Waals surface area (Å²) in [5.74, 6) is 0. The van der Waals surface area contributed by atoms with Gasteiger partial charge in [0, 0.05) is 31.8 Å². The van der Waals surface area contributed by atoms with Crippen LogP contribution in [0.4, 0.5) is 0 Å². The second-order valence-electron chi connectivity index (χ2n) is 3.93. The maximum absolute atomic E-state index is 6.05. The molecular weight excluding hydrogens is 190 g/mol. The van der Waals surface area contributed by atoms with E-state index in [0.29, 0.717) is 6.61 Å². The zero-order chi connectivity index (χ0) is 11.4. The topological polar surface area (TPSA) is 53.1 Å². The Kier molecular flexibility index (Phi) is 4.29. The van der Waals surface area contributed by atoms with E-state index >= 15 is 0 Å². The summed E-state index contributed by atoms with van der Waals surface area (Å²) in [6.07, 6.45) is 0.892. The number of ether oxygens (including phenoxy) is 1. The fourth-order valence-corrected chi connectivity index (χ4v) is 1.65. The van der Waals surface area contributed by atoms with E-state index in [0.717, 1.165) is 17.8 Å². The third-order valence-corrected chi connectivity index (χ3v) is 2.58. The van der Waals surface area contributed by atoms with E-state index in [1.54, 1.807) is 0 Å². The Bertz CT molecular complexity index is 309. The van der Waals surface area contributed by atoms with Crippen LogP contribution in [0.2, 0.25) is 0 Å². The molecule has 0 aliphatic heterocycles. The molecule has 2 atom stereocenters. The van der Waals surface area contributed by atoms with Gasteiger partial charge in [0.25, 0.3) is 0 Å². The minimum absolute atomic E-state index is 0.0275. The molecule has 15 heavy (non-hydrogen) atoms. The smallest absolute Gasteiger partial charge is 0.0701 e. The van der Waals surface area contributed by atoms with Gasteiger partial charge in [0.15, 0.2) is 0 Å². The van der Waals surface area contributed by atoms with Crippen molar-refractivity contribution >= 4 is 0 Å². The monoisotopic (exact) mass is 211 g/mol. The quantitative estimate of drug-likeness (QED) is 0.791. The average molecular weight is 211 g/mol. The van der Waals surface area contributed by atoms with E-state index in [1.165, 1.54) is 0 Å². The second-order valence-corrected chi connectivity index (χ2v) is 3.93. The predicted octanol–water partition coefficient (Wildman–Crippen LogP) is 1.02. The highest BCUT2D eigenvalue weighted by Crippen LogP contribution is 2.07. The minimum atomic E-state index is 0.0275. The van der Waals surface area contributed by atoms with E-state index in [4.69, 9.17) is 10.5 Å². The molecule has 0 fully saturated rings. The maximum atomic E-state index is 6.05. The third-order valence-electron chi connectivity index (χ3n) is 2.58. The molecule has 4 heteroatoms. The largest absolute Gasteiger partial charge is 0.377 e. The fourth-order valence-electron chi connectivity index (χ4n) is 1.65. The Labute approximate surface area is 91.4 Å². The highest BCUT2D eigenvalue weighted by molar-refractivity contribution is 5.10. The summed E-state index contributed by atoms with van der Waals surface area (Å²) in [4.78, 5) is 0. The lowest BCUT2D eigenvalue weighted by Gasteiger charge is -2.19. The molecule has 0 bridgehead atoms. The first-order chi connectivity index (χ1) is 7.04. The van der Waals surface area contributed by atoms with Crippen LogP contribution >= 0.6 is 0 Å². The van der Waals surface area contributed by atoms with Crippen LogP contribution in [0.15, 0.2) is 6.07 Å². The molecule has 2 N–H and O–H groups in total. The van der Waals surface area contributed by atoms with Crippen molar-refractivity contribution in [2.24, 2.45) is 12.8 Å². The van der Waals surface area contributed by atoms with Crippen molar-refractivity contribution in [3.05, 3.63) is 17.5 Å². The van der Waals surface area contributed by atoms with Gasteiger partial charge in [0.05, 0.1) is 11.8 Å². The molecule has 2 unspecified atom stereocenters. The van der Waals surface area contributed by atoms with Gasteiger partial charge < -0.3 is 10.5 Å². The van der Waals surface area contributed by atoms with E-state index in [1.807, 2.05) is 32.5 Å². The van der Waals surface area contributed by atoms with Gasteiger partial charge >= 0.3 is 0 Å². The van der Waals surface area contributed by atoms with E-state index in [2.05, 4.69) is 11.2 Å². The summed E-state index contributed by atoms with van der Waals surface area (Å²) in [6, 6.07) is 2.10. The van der Waals surface area contributed by atoms with Gasteiger partial charge in [-0.1, -0.05) is 0 Å². The van der Waals surface area contributed by atoms with Gasteiger partial charge in [-0.05, 0) is 26.8 Å². The summed E-state index contributed by atoms with van der Waals surface area (Å²) in [5, 5.41) is 4.29. The normalized spacial score (nSPS) is 15.3. The standard InChI is InChI=1S/C11H21N3O/c1-5-15-9(3)11(12)7-10-6-8(2)13-14(10)4/h6,9,11H,5,7,12H2,1-4H3. The molecular formula is C11H21N3O. The molecule has 1 aromatic rings. The summed E-state index contributed by atoms with van der Waals surface area (Å²) in [7, 11) is 1.94. The van der Waals surface area contributed by atoms with Gasteiger partial charge in [-0.3, -0.25) is 4.68 Å². The molecule has 0 saturated carbocycles. The lowest BCUT2D eigenvalue weighted by atomic mass is 10.1. The maximum Gasteiger partial charge on any atom is 0.0701 e. The van der Waals surface area contributed by atoms with Crippen LogP contribution in [0.25, 0.3) is 0 Å². The summed E-state index contributed by atoms with van der Waals surface area (Å²) >= 11 is 0. The predicted molar refractivity (Wildman–Crippen MR) is 60.7 cm³/mol. The number of nitrogens with two attached hydrogens (primary N) is 1. The van der Waals surface area contributed by atoms with E-state index < -0.39 is 0 Å². The second kappa shape index (κ2) is 5.28.